The Balaban J connectivity index is 1.50. The van der Waals surface area contributed by atoms with Crippen LogP contribution < -0.4 is 10.5 Å². The second kappa shape index (κ2) is 8.28. The molecule has 0 saturated carbocycles. The van der Waals surface area contributed by atoms with Gasteiger partial charge in [-0.15, -0.1) is 0 Å². The molecule has 0 N–H and O–H groups in total. The highest BCUT2D eigenvalue weighted by molar-refractivity contribution is 6.30. The van der Waals surface area contributed by atoms with E-state index in [4.69, 9.17) is 16.0 Å². The van der Waals surface area contributed by atoms with Crippen molar-refractivity contribution in [2.75, 3.05) is 4.90 Å². The van der Waals surface area contributed by atoms with Crippen molar-refractivity contribution in [1.82, 2.24) is 14.5 Å². The molecule has 32 heavy (non-hydrogen) atoms. The average Bonchev–Trinajstić information content (AvgIpc) is 3.20. The van der Waals surface area contributed by atoms with Crippen molar-refractivity contribution in [1.29, 1.82) is 0 Å². The smallest absolute Gasteiger partial charge is 0.297 e. The van der Waals surface area contributed by atoms with Crippen molar-refractivity contribution in [3.63, 3.8) is 0 Å². The van der Waals surface area contributed by atoms with Gasteiger partial charge in [0, 0.05) is 22.3 Å². The van der Waals surface area contributed by atoms with Crippen LogP contribution >= 0.6 is 11.6 Å². The second-order valence-corrected chi connectivity index (χ2v) is 7.67. The van der Waals surface area contributed by atoms with E-state index in [9.17, 15) is 9.59 Å². The van der Waals surface area contributed by atoms with Crippen LogP contribution in [0.5, 0.6) is 0 Å². The summed E-state index contributed by atoms with van der Waals surface area (Å²) >= 11 is 6.02. The van der Waals surface area contributed by atoms with Crippen LogP contribution in [0.1, 0.15) is 5.69 Å². The molecule has 0 bridgehead atoms. The molecule has 3 heterocycles. The number of rotatable bonds is 5. The third-order valence-electron chi connectivity index (χ3n) is 5.14. The molecule has 0 unspecified atom stereocenters. The molecule has 0 atom stereocenters. The van der Waals surface area contributed by atoms with E-state index >= 15 is 0 Å². The first kappa shape index (κ1) is 20.0. The Hall–Kier alpha value is -3.97. The number of benzene rings is 2. The van der Waals surface area contributed by atoms with Gasteiger partial charge in [0.1, 0.15) is 17.6 Å². The molecular weight excluding hydrogens is 428 g/mol. The van der Waals surface area contributed by atoms with E-state index in [0.29, 0.717) is 27.5 Å². The molecule has 7 nitrogen and oxygen atoms in total. The van der Waals surface area contributed by atoms with Crippen LogP contribution in [-0.4, -0.2) is 20.4 Å². The van der Waals surface area contributed by atoms with Crippen molar-refractivity contribution >= 4 is 45.3 Å². The molecule has 0 aliphatic heterocycles. The second-order valence-electron chi connectivity index (χ2n) is 7.23. The number of carbonyl (C=O) groups excluding carboxylic acids is 1. The SMILES string of the molecule is O=C(Cn1cnc2c(oc3ccccc32)c1=O)N(Cc1ccccn1)c1ccc(Cl)cc1. The van der Waals surface area contributed by atoms with E-state index in [0.717, 1.165) is 5.39 Å². The van der Waals surface area contributed by atoms with Gasteiger partial charge >= 0.3 is 0 Å². The third-order valence-corrected chi connectivity index (χ3v) is 5.39. The van der Waals surface area contributed by atoms with E-state index < -0.39 is 5.56 Å². The minimum Gasteiger partial charge on any atom is -0.448 e. The number of hydrogen-bond donors (Lipinski definition) is 0. The number of para-hydroxylation sites is 1. The van der Waals surface area contributed by atoms with E-state index in [1.165, 1.54) is 10.9 Å². The summed E-state index contributed by atoms with van der Waals surface area (Å²) in [5.74, 6) is -0.294. The predicted molar refractivity (Wildman–Crippen MR) is 123 cm³/mol. The van der Waals surface area contributed by atoms with Crippen molar-refractivity contribution < 1.29 is 9.21 Å². The minimum atomic E-state index is -0.409. The molecule has 1 amide bonds. The van der Waals surface area contributed by atoms with Crippen LogP contribution in [0.25, 0.3) is 22.1 Å². The quantitative estimate of drug-likeness (QED) is 0.400. The van der Waals surface area contributed by atoms with Gasteiger partial charge in [-0.25, -0.2) is 4.98 Å². The van der Waals surface area contributed by atoms with Crippen LogP contribution in [-0.2, 0) is 17.9 Å². The van der Waals surface area contributed by atoms with Gasteiger partial charge in [0.25, 0.3) is 5.56 Å². The number of furan rings is 1. The van der Waals surface area contributed by atoms with Gasteiger partial charge in [0.15, 0.2) is 0 Å². The number of anilines is 1. The molecule has 3 aromatic heterocycles. The average molecular weight is 445 g/mol. The lowest BCUT2D eigenvalue weighted by molar-refractivity contribution is -0.119. The Morgan fingerprint density at radius 1 is 1.00 bits per heavy atom. The summed E-state index contributed by atoms with van der Waals surface area (Å²) in [7, 11) is 0. The first-order valence-corrected chi connectivity index (χ1v) is 10.3. The van der Waals surface area contributed by atoms with Crippen molar-refractivity contribution in [3.8, 4) is 0 Å². The monoisotopic (exact) mass is 444 g/mol. The van der Waals surface area contributed by atoms with Gasteiger partial charge < -0.3 is 9.32 Å². The number of halogens is 1. The molecular formula is C24H17ClN4O3. The number of pyridine rings is 1. The number of fused-ring (bicyclic) bond motifs is 3. The van der Waals surface area contributed by atoms with Crippen LogP contribution in [0, 0.1) is 0 Å². The highest BCUT2D eigenvalue weighted by atomic mass is 35.5. The Labute approximate surface area is 187 Å². The fraction of sp³-hybridized carbons (Fsp3) is 0.0833. The molecule has 5 rings (SSSR count). The van der Waals surface area contributed by atoms with E-state index in [1.807, 2.05) is 36.4 Å². The lowest BCUT2D eigenvalue weighted by Gasteiger charge is -2.23. The summed E-state index contributed by atoms with van der Waals surface area (Å²) in [5, 5.41) is 1.32. The van der Waals surface area contributed by atoms with Gasteiger partial charge in [0.05, 0.1) is 18.6 Å². The molecule has 0 radical (unpaired) electrons. The van der Waals surface area contributed by atoms with Gasteiger partial charge in [-0.3, -0.25) is 19.1 Å². The normalized spacial score (nSPS) is 11.2. The molecule has 8 heteroatoms. The Morgan fingerprint density at radius 2 is 1.78 bits per heavy atom. The maximum absolute atomic E-state index is 13.3. The summed E-state index contributed by atoms with van der Waals surface area (Å²) in [6.45, 7) is 0.0463. The zero-order valence-corrected chi connectivity index (χ0v) is 17.6. The zero-order valence-electron chi connectivity index (χ0n) is 16.8. The van der Waals surface area contributed by atoms with E-state index in [-0.39, 0.29) is 24.6 Å². The Morgan fingerprint density at radius 3 is 2.56 bits per heavy atom. The molecule has 0 saturated heterocycles. The van der Waals surface area contributed by atoms with Crippen LogP contribution in [0.15, 0.2) is 88.5 Å². The standard InChI is InChI=1S/C24H17ClN4O3/c25-16-8-10-18(11-9-16)29(13-17-5-3-4-12-26-17)21(30)14-28-15-27-22-19-6-1-2-7-20(19)32-23(22)24(28)31/h1-12,15H,13-14H2. The molecule has 2 aromatic carbocycles. The Bertz CT molecular complexity index is 1480. The van der Waals surface area contributed by atoms with Gasteiger partial charge in [0.2, 0.25) is 11.5 Å². The van der Waals surface area contributed by atoms with E-state index in [1.54, 1.807) is 41.4 Å². The fourth-order valence-electron chi connectivity index (χ4n) is 3.56. The molecule has 0 spiro atoms. The van der Waals surface area contributed by atoms with Crippen molar-refractivity contribution in [2.24, 2.45) is 0 Å². The molecule has 158 valence electrons. The highest BCUT2D eigenvalue weighted by Crippen LogP contribution is 2.24. The summed E-state index contributed by atoms with van der Waals surface area (Å²) in [4.78, 5) is 36.6. The first-order chi connectivity index (χ1) is 15.6. The zero-order chi connectivity index (χ0) is 22.1. The van der Waals surface area contributed by atoms with Crippen molar-refractivity contribution in [3.05, 3.63) is 100 Å². The first-order valence-electron chi connectivity index (χ1n) is 9.93. The number of carbonyl (C=O) groups is 1. The lowest BCUT2D eigenvalue weighted by atomic mass is 10.2. The van der Waals surface area contributed by atoms with Gasteiger partial charge in [-0.05, 0) is 48.5 Å². The number of aromatic nitrogens is 3. The Kier molecular flexibility index (Phi) is 5.17. The maximum atomic E-state index is 13.3. The summed E-state index contributed by atoms with van der Waals surface area (Å²) < 4.78 is 6.97. The van der Waals surface area contributed by atoms with E-state index in [2.05, 4.69) is 9.97 Å². The maximum Gasteiger partial charge on any atom is 0.297 e. The van der Waals surface area contributed by atoms with Gasteiger partial charge in [-0.1, -0.05) is 29.8 Å². The van der Waals surface area contributed by atoms with Gasteiger partial charge in [-0.2, -0.15) is 0 Å². The van der Waals surface area contributed by atoms with Crippen LogP contribution in [0.3, 0.4) is 0 Å². The topological polar surface area (TPSA) is 81.2 Å². The fourth-order valence-corrected chi connectivity index (χ4v) is 3.68. The largest absolute Gasteiger partial charge is 0.448 e. The summed E-state index contributed by atoms with van der Waals surface area (Å²) in [6, 6.07) is 19.8. The number of nitrogens with zero attached hydrogens (tertiary/aromatic N) is 4. The van der Waals surface area contributed by atoms with Crippen LogP contribution in [0.2, 0.25) is 5.02 Å². The third kappa shape index (κ3) is 3.74. The predicted octanol–water partition coefficient (Wildman–Crippen LogP) is 4.42. The molecule has 5 aromatic rings. The van der Waals surface area contributed by atoms with Crippen molar-refractivity contribution in [2.45, 2.75) is 13.1 Å². The minimum absolute atomic E-state index is 0.129. The molecule has 0 aliphatic carbocycles. The summed E-state index contributed by atoms with van der Waals surface area (Å²) in [5.41, 5.74) is 2.15. The lowest BCUT2D eigenvalue weighted by Crippen LogP contribution is -2.36. The number of amides is 1. The number of hydrogen-bond acceptors (Lipinski definition) is 5. The summed E-state index contributed by atoms with van der Waals surface area (Å²) in [6.07, 6.45) is 3.05. The molecule has 0 fully saturated rings. The van der Waals surface area contributed by atoms with Crippen LogP contribution in [0.4, 0.5) is 5.69 Å². The molecule has 0 aliphatic rings. The highest BCUT2D eigenvalue weighted by Gasteiger charge is 2.20.